The molecule has 0 amide bonds. The zero-order valence-corrected chi connectivity index (χ0v) is 10.0. The highest BCUT2D eigenvalue weighted by Crippen LogP contribution is 2.31. The number of Topliss-reactive ketones (excluding diaryl/α,β-unsaturated/α-hetero) is 2. The van der Waals surface area contributed by atoms with Crippen LogP contribution in [0.5, 0.6) is 0 Å². The average Bonchev–Trinajstić information content (AvgIpc) is 2.76. The number of aromatic nitrogens is 1. The van der Waals surface area contributed by atoms with Gasteiger partial charge in [-0.25, -0.2) is 0 Å². The number of fused-ring (bicyclic) bond motifs is 3. The minimum Gasteiger partial charge on any atom is -0.492 e. The molecule has 0 aliphatic heterocycles. The maximum atomic E-state index is 12.3. The third kappa shape index (κ3) is 1.20. The molecule has 0 fully saturated rings. The van der Waals surface area contributed by atoms with Crippen molar-refractivity contribution in [1.29, 1.82) is 0 Å². The molecule has 0 bridgehead atoms. The first-order valence-corrected chi connectivity index (χ1v) is 5.60. The fourth-order valence-electron chi connectivity index (χ4n) is 2.37. The Morgan fingerprint density at radius 3 is 2.56 bits per heavy atom. The average molecular weight is 241 g/mol. The van der Waals surface area contributed by atoms with E-state index in [-0.39, 0.29) is 17.3 Å². The Kier molecular flexibility index (Phi) is 2.13. The Morgan fingerprint density at radius 2 is 1.83 bits per heavy atom. The van der Waals surface area contributed by atoms with Crippen LogP contribution < -0.4 is 0 Å². The fourth-order valence-corrected chi connectivity index (χ4v) is 2.37. The van der Waals surface area contributed by atoms with Crippen molar-refractivity contribution < 1.29 is 14.3 Å². The van der Waals surface area contributed by atoms with Crippen molar-refractivity contribution in [1.82, 2.24) is 4.98 Å². The molecule has 90 valence electrons. The number of methoxy groups -OCH3 is 1. The maximum Gasteiger partial charge on any atom is 0.230 e. The number of carbonyl (C=O) groups excluding carboxylic acids is 2. The zero-order chi connectivity index (χ0) is 12.9. The van der Waals surface area contributed by atoms with Crippen LogP contribution in [-0.4, -0.2) is 23.7 Å². The van der Waals surface area contributed by atoms with Gasteiger partial charge in [-0.3, -0.25) is 9.59 Å². The summed E-state index contributed by atoms with van der Waals surface area (Å²) in [5, 5.41) is 0.757. The van der Waals surface area contributed by atoms with Crippen molar-refractivity contribution in [3.8, 4) is 0 Å². The molecule has 4 nitrogen and oxygen atoms in total. The molecule has 0 saturated heterocycles. The van der Waals surface area contributed by atoms with Crippen LogP contribution >= 0.6 is 0 Å². The molecule has 3 rings (SSSR count). The first-order valence-electron chi connectivity index (χ1n) is 5.60. The molecule has 1 aromatic heterocycles. The third-order valence-corrected chi connectivity index (χ3v) is 3.25. The summed E-state index contributed by atoms with van der Waals surface area (Å²) >= 11 is 0. The smallest absolute Gasteiger partial charge is 0.230 e. The van der Waals surface area contributed by atoms with Gasteiger partial charge in [-0.15, -0.1) is 0 Å². The van der Waals surface area contributed by atoms with Crippen LogP contribution in [0.15, 0.2) is 35.6 Å². The molecule has 2 aromatic rings. The summed E-state index contributed by atoms with van der Waals surface area (Å²) in [4.78, 5) is 27.5. The molecular formula is C14H11NO3. The molecule has 18 heavy (non-hydrogen) atoms. The summed E-state index contributed by atoms with van der Waals surface area (Å²) in [6.07, 6.45) is 0. The molecule has 0 atom stereocenters. The van der Waals surface area contributed by atoms with E-state index in [1.807, 2.05) is 24.3 Å². The van der Waals surface area contributed by atoms with E-state index < -0.39 is 0 Å². The predicted octanol–water partition coefficient (Wildman–Crippen LogP) is 2.47. The van der Waals surface area contributed by atoms with E-state index in [4.69, 9.17) is 4.74 Å². The van der Waals surface area contributed by atoms with Crippen LogP contribution in [-0.2, 0) is 4.74 Å². The number of hydrogen-bond donors (Lipinski definition) is 1. The number of allylic oxidation sites excluding steroid dienone is 2. The van der Waals surface area contributed by atoms with E-state index in [9.17, 15) is 9.59 Å². The molecule has 1 aliphatic rings. The van der Waals surface area contributed by atoms with E-state index in [0.29, 0.717) is 16.8 Å². The summed E-state index contributed by atoms with van der Waals surface area (Å²) in [6.45, 7) is 1.60. The fraction of sp³-hybridized carbons (Fsp3) is 0.143. The first kappa shape index (κ1) is 10.8. The normalized spacial score (nSPS) is 15.2. The molecule has 1 aromatic carbocycles. The lowest BCUT2D eigenvalue weighted by Crippen LogP contribution is -2.21. The van der Waals surface area contributed by atoms with Gasteiger partial charge >= 0.3 is 0 Å². The van der Waals surface area contributed by atoms with Crippen LogP contribution in [0, 0.1) is 0 Å². The number of carbonyl (C=O) groups is 2. The maximum absolute atomic E-state index is 12.3. The Balaban J connectivity index is 2.38. The van der Waals surface area contributed by atoms with Crippen LogP contribution in [0.4, 0.5) is 0 Å². The van der Waals surface area contributed by atoms with Crippen LogP contribution in [0.3, 0.4) is 0 Å². The van der Waals surface area contributed by atoms with Gasteiger partial charge < -0.3 is 9.72 Å². The van der Waals surface area contributed by atoms with E-state index in [0.717, 1.165) is 10.9 Å². The second-order valence-electron chi connectivity index (χ2n) is 4.24. The number of ether oxygens (including phenoxy) is 1. The molecule has 1 heterocycles. The van der Waals surface area contributed by atoms with Gasteiger partial charge in [0.2, 0.25) is 11.6 Å². The lowest BCUT2D eigenvalue weighted by atomic mass is 9.92. The number of hydrogen-bond acceptors (Lipinski definition) is 3. The van der Waals surface area contributed by atoms with Gasteiger partial charge in [-0.1, -0.05) is 18.2 Å². The lowest BCUT2D eigenvalue weighted by molar-refractivity contribution is 0.0906. The number of nitrogens with one attached hydrogen (secondary N) is 1. The molecule has 0 spiro atoms. The van der Waals surface area contributed by atoms with Crippen molar-refractivity contribution in [3.05, 3.63) is 46.9 Å². The Bertz CT molecular complexity index is 722. The minimum atomic E-state index is -0.234. The molecule has 1 aliphatic carbocycles. The monoisotopic (exact) mass is 241 g/mol. The van der Waals surface area contributed by atoms with Crippen molar-refractivity contribution >= 4 is 22.5 Å². The number of rotatable bonds is 1. The summed E-state index contributed by atoms with van der Waals surface area (Å²) < 4.78 is 5.06. The van der Waals surface area contributed by atoms with Gasteiger partial charge in [0.05, 0.1) is 18.4 Å². The third-order valence-electron chi connectivity index (χ3n) is 3.25. The van der Waals surface area contributed by atoms with Crippen LogP contribution in [0.2, 0.25) is 0 Å². The van der Waals surface area contributed by atoms with Gasteiger partial charge in [0.25, 0.3) is 0 Å². The number of para-hydroxylation sites is 1. The van der Waals surface area contributed by atoms with E-state index in [1.165, 1.54) is 7.11 Å². The summed E-state index contributed by atoms with van der Waals surface area (Å²) in [7, 11) is 1.41. The van der Waals surface area contributed by atoms with Gasteiger partial charge in [0, 0.05) is 16.5 Å². The number of H-pyrrole nitrogens is 1. The predicted molar refractivity (Wildman–Crippen MR) is 66.7 cm³/mol. The molecule has 4 heteroatoms. The standard InChI is InChI=1S/C14H11NO3/c1-7-12(16)11-10(13(17)14(7)18-2)8-5-3-4-6-9(8)15-11/h3-6,15H,1-2H3. The van der Waals surface area contributed by atoms with Gasteiger partial charge in [-0.2, -0.15) is 0 Å². The molecule has 1 N–H and O–H groups in total. The Morgan fingerprint density at radius 1 is 1.11 bits per heavy atom. The second-order valence-corrected chi connectivity index (χ2v) is 4.24. The highest BCUT2D eigenvalue weighted by atomic mass is 16.5. The first-order chi connectivity index (χ1) is 8.65. The molecular weight excluding hydrogens is 230 g/mol. The van der Waals surface area contributed by atoms with Crippen molar-refractivity contribution in [3.63, 3.8) is 0 Å². The van der Waals surface area contributed by atoms with Gasteiger partial charge in [0.1, 0.15) is 0 Å². The van der Waals surface area contributed by atoms with Crippen LogP contribution in [0.25, 0.3) is 10.9 Å². The number of aromatic amines is 1. The van der Waals surface area contributed by atoms with Crippen LogP contribution in [0.1, 0.15) is 27.8 Å². The number of ketones is 2. The topological polar surface area (TPSA) is 59.2 Å². The Hall–Kier alpha value is -2.36. The highest BCUT2D eigenvalue weighted by molar-refractivity contribution is 6.29. The Labute approximate surface area is 103 Å². The quantitative estimate of drug-likeness (QED) is 0.834. The van der Waals surface area contributed by atoms with E-state index in [2.05, 4.69) is 4.98 Å². The minimum absolute atomic E-state index is 0.136. The van der Waals surface area contributed by atoms with Crippen molar-refractivity contribution in [2.24, 2.45) is 0 Å². The molecule has 0 unspecified atom stereocenters. The van der Waals surface area contributed by atoms with Crippen molar-refractivity contribution in [2.75, 3.05) is 7.11 Å². The SMILES string of the molecule is COC1=C(C)C(=O)c2[nH]c3ccccc3c2C1=O. The highest BCUT2D eigenvalue weighted by Gasteiger charge is 2.34. The molecule has 0 radical (unpaired) electrons. The van der Waals surface area contributed by atoms with E-state index >= 15 is 0 Å². The summed E-state index contributed by atoms with van der Waals surface area (Å²) in [5.74, 6) is -0.281. The lowest BCUT2D eigenvalue weighted by Gasteiger charge is -2.14. The van der Waals surface area contributed by atoms with E-state index in [1.54, 1.807) is 6.92 Å². The molecule has 0 saturated carbocycles. The summed E-state index contributed by atoms with van der Waals surface area (Å²) in [6, 6.07) is 7.36. The number of benzene rings is 1. The van der Waals surface area contributed by atoms with Crippen molar-refractivity contribution in [2.45, 2.75) is 6.92 Å². The second kappa shape index (κ2) is 3.57. The van der Waals surface area contributed by atoms with Gasteiger partial charge in [0.15, 0.2) is 5.76 Å². The summed E-state index contributed by atoms with van der Waals surface area (Å²) in [5.41, 5.74) is 1.91. The zero-order valence-electron chi connectivity index (χ0n) is 10.0. The largest absolute Gasteiger partial charge is 0.492 e. The van der Waals surface area contributed by atoms with Gasteiger partial charge in [-0.05, 0) is 13.0 Å².